The van der Waals surface area contributed by atoms with Crippen molar-refractivity contribution < 1.29 is 29.0 Å². The number of unbranched alkanes of at least 4 members (excludes halogenated alkanes) is 2. The normalized spacial score (nSPS) is 15.7. The Bertz CT molecular complexity index is 955. The number of primary amides is 1. The number of para-hydroxylation sites is 1. The standard InChI is InChI=1S/C28H44N4O6/c1-5-6-12-17-32(26(36)21(18-23(29)34)31-27(37)38-28(2,3)4)24(20-15-10-11-16-22(20)33)25(35)30-19-13-8-7-9-14-19/h10-11,15-16,19,21,24,33H,5-9,12-14,17-18H2,1-4H3,(H2,29,34)(H,30,35)(H,31,37). The van der Waals surface area contributed by atoms with Crippen LogP contribution in [0.3, 0.4) is 0 Å². The first-order valence-corrected chi connectivity index (χ1v) is 13.6. The van der Waals surface area contributed by atoms with Crippen LogP contribution in [0.4, 0.5) is 4.79 Å². The Hall–Kier alpha value is -3.30. The number of alkyl carbamates (subject to hydrolysis) is 1. The van der Waals surface area contributed by atoms with E-state index in [1.54, 1.807) is 39.0 Å². The van der Waals surface area contributed by atoms with Gasteiger partial charge in [-0.3, -0.25) is 14.4 Å². The predicted octanol–water partition coefficient (Wildman–Crippen LogP) is 3.67. The molecule has 212 valence electrons. The number of carbonyl (C=O) groups is 4. The number of benzene rings is 1. The Labute approximate surface area is 225 Å². The number of nitrogens with zero attached hydrogens (tertiary/aromatic N) is 1. The molecular formula is C28H44N4O6. The lowest BCUT2D eigenvalue weighted by Gasteiger charge is -2.35. The van der Waals surface area contributed by atoms with Gasteiger partial charge in [-0.2, -0.15) is 0 Å². The summed E-state index contributed by atoms with van der Waals surface area (Å²) >= 11 is 0. The zero-order valence-electron chi connectivity index (χ0n) is 23.1. The maximum Gasteiger partial charge on any atom is 0.408 e. The topological polar surface area (TPSA) is 151 Å². The van der Waals surface area contributed by atoms with Crippen LogP contribution >= 0.6 is 0 Å². The van der Waals surface area contributed by atoms with Crippen molar-refractivity contribution in [3.05, 3.63) is 29.8 Å². The first-order valence-electron chi connectivity index (χ1n) is 13.6. The van der Waals surface area contributed by atoms with Gasteiger partial charge in [0.05, 0.1) is 6.42 Å². The molecule has 0 spiro atoms. The lowest BCUT2D eigenvalue weighted by Crippen LogP contribution is -2.55. The van der Waals surface area contributed by atoms with Crippen molar-refractivity contribution in [1.29, 1.82) is 0 Å². The molecular weight excluding hydrogens is 488 g/mol. The number of nitrogens with one attached hydrogen (secondary N) is 2. The van der Waals surface area contributed by atoms with Gasteiger partial charge in [-0.15, -0.1) is 0 Å². The number of rotatable bonds is 12. The highest BCUT2D eigenvalue weighted by Crippen LogP contribution is 2.31. The van der Waals surface area contributed by atoms with Crippen molar-refractivity contribution in [2.75, 3.05) is 6.54 Å². The molecule has 4 amide bonds. The maximum absolute atomic E-state index is 14.0. The van der Waals surface area contributed by atoms with E-state index in [0.29, 0.717) is 6.42 Å². The van der Waals surface area contributed by atoms with E-state index in [1.165, 1.54) is 11.0 Å². The summed E-state index contributed by atoms with van der Waals surface area (Å²) in [6.07, 6.45) is 5.70. The fourth-order valence-corrected chi connectivity index (χ4v) is 4.65. The molecule has 1 saturated carbocycles. The Kier molecular flexibility index (Phi) is 11.9. The van der Waals surface area contributed by atoms with Gasteiger partial charge in [0.2, 0.25) is 17.7 Å². The third kappa shape index (κ3) is 9.87. The maximum atomic E-state index is 14.0. The first kappa shape index (κ1) is 30.9. The third-order valence-corrected chi connectivity index (χ3v) is 6.42. The molecule has 10 heteroatoms. The van der Waals surface area contributed by atoms with Crippen molar-refractivity contribution in [2.45, 2.75) is 109 Å². The Balaban J connectivity index is 2.48. The van der Waals surface area contributed by atoms with Crippen molar-refractivity contribution in [3.8, 4) is 5.75 Å². The Morgan fingerprint density at radius 2 is 1.76 bits per heavy atom. The van der Waals surface area contributed by atoms with Crippen LogP contribution in [-0.4, -0.2) is 58.1 Å². The summed E-state index contributed by atoms with van der Waals surface area (Å²) in [6.45, 7) is 7.23. The minimum absolute atomic E-state index is 0.0292. The van der Waals surface area contributed by atoms with E-state index >= 15 is 0 Å². The number of aromatic hydroxyl groups is 1. The molecule has 2 unspecified atom stereocenters. The smallest absolute Gasteiger partial charge is 0.408 e. The van der Waals surface area contributed by atoms with Crippen LogP contribution in [-0.2, 0) is 19.1 Å². The Morgan fingerprint density at radius 3 is 2.34 bits per heavy atom. The number of hydrogen-bond acceptors (Lipinski definition) is 6. The number of nitrogens with two attached hydrogens (primary N) is 1. The molecule has 1 aliphatic rings. The van der Waals surface area contributed by atoms with Gasteiger partial charge in [0.1, 0.15) is 23.4 Å². The van der Waals surface area contributed by atoms with Crippen LogP contribution in [0, 0.1) is 0 Å². The molecule has 0 aliphatic heterocycles. The minimum Gasteiger partial charge on any atom is -0.508 e. The van der Waals surface area contributed by atoms with Crippen LogP contribution in [0.1, 0.15) is 97.1 Å². The number of ether oxygens (including phenoxy) is 1. The van der Waals surface area contributed by atoms with Crippen molar-refractivity contribution in [1.82, 2.24) is 15.5 Å². The van der Waals surface area contributed by atoms with Gasteiger partial charge < -0.3 is 31.1 Å². The van der Waals surface area contributed by atoms with Gasteiger partial charge in [0.15, 0.2) is 0 Å². The second-order valence-corrected chi connectivity index (χ2v) is 10.9. The molecule has 0 radical (unpaired) electrons. The molecule has 1 aromatic rings. The van der Waals surface area contributed by atoms with Crippen LogP contribution in [0.25, 0.3) is 0 Å². The molecule has 0 heterocycles. The average Bonchev–Trinajstić information content (AvgIpc) is 2.83. The minimum atomic E-state index is -1.35. The number of phenolic OH excluding ortho intramolecular Hbond substituents is 1. The molecule has 1 fully saturated rings. The van der Waals surface area contributed by atoms with Gasteiger partial charge >= 0.3 is 6.09 Å². The summed E-state index contributed by atoms with van der Waals surface area (Å²) in [7, 11) is 0. The zero-order chi connectivity index (χ0) is 28.3. The van der Waals surface area contributed by atoms with Gasteiger partial charge in [-0.05, 0) is 46.1 Å². The molecule has 38 heavy (non-hydrogen) atoms. The van der Waals surface area contributed by atoms with E-state index in [9.17, 15) is 24.3 Å². The molecule has 1 aromatic carbocycles. The van der Waals surface area contributed by atoms with E-state index in [2.05, 4.69) is 10.6 Å². The quantitative estimate of drug-likeness (QED) is 0.302. The lowest BCUT2D eigenvalue weighted by atomic mass is 9.94. The van der Waals surface area contributed by atoms with Crippen LogP contribution in [0.15, 0.2) is 24.3 Å². The summed E-state index contributed by atoms with van der Waals surface area (Å²) in [5.41, 5.74) is 4.86. The van der Waals surface area contributed by atoms with Gasteiger partial charge in [-0.25, -0.2) is 4.79 Å². The zero-order valence-corrected chi connectivity index (χ0v) is 23.1. The largest absolute Gasteiger partial charge is 0.508 e. The summed E-state index contributed by atoms with van der Waals surface area (Å²) in [4.78, 5) is 53.5. The number of hydrogen-bond donors (Lipinski definition) is 4. The predicted molar refractivity (Wildman–Crippen MR) is 144 cm³/mol. The van der Waals surface area contributed by atoms with E-state index in [-0.39, 0.29) is 23.9 Å². The number of amides is 4. The highest BCUT2D eigenvalue weighted by molar-refractivity contribution is 5.94. The van der Waals surface area contributed by atoms with E-state index in [0.717, 1.165) is 44.9 Å². The summed E-state index contributed by atoms with van der Waals surface area (Å²) in [5, 5.41) is 16.3. The average molecular weight is 533 g/mol. The Morgan fingerprint density at radius 1 is 1.11 bits per heavy atom. The summed E-state index contributed by atoms with van der Waals surface area (Å²) in [6, 6.07) is 3.84. The van der Waals surface area contributed by atoms with E-state index in [4.69, 9.17) is 10.5 Å². The number of phenols is 1. The molecule has 0 saturated heterocycles. The van der Waals surface area contributed by atoms with Crippen LogP contribution in [0.2, 0.25) is 0 Å². The lowest BCUT2D eigenvalue weighted by molar-refractivity contribution is -0.143. The van der Waals surface area contributed by atoms with E-state index in [1.807, 2.05) is 6.92 Å². The molecule has 1 aliphatic carbocycles. The monoisotopic (exact) mass is 532 g/mol. The van der Waals surface area contributed by atoms with Crippen molar-refractivity contribution in [2.24, 2.45) is 5.73 Å². The highest BCUT2D eigenvalue weighted by atomic mass is 16.6. The second kappa shape index (κ2) is 14.6. The van der Waals surface area contributed by atoms with Gasteiger partial charge in [-0.1, -0.05) is 57.2 Å². The SMILES string of the molecule is CCCCCN(C(=O)C(CC(N)=O)NC(=O)OC(C)(C)C)C(C(=O)NC1CCCCC1)c1ccccc1O. The molecule has 2 rings (SSSR count). The molecule has 0 bridgehead atoms. The summed E-state index contributed by atoms with van der Waals surface area (Å²) < 4.78 is 5.30. The second-order valence-electron chi connectivity index (χ2n) is 10.9. The molecule has 0 aromatic heterocycles. The van der Waals surface area contributed by atoms with Crippen molar-refractivity contribution in [3.63, 3.8) is 0 Å². The highest BCUT2D eigenvalue weighted by Gasteiger charge is 2.38. The third-order valence-electron chi connectivity index (χ3n) is 6.42. The molecule has 5 N–H and O–H groups in total. The fraction of sp³-hybridized carbons (Fsp3) is 0.643. The summed E-state index contributed by atoms with van der Waals surface area (Å²) in [5.74, 6) is -1.99. The van der Waals surface area contributed by atoms with Gasteiger partial charge in [0.25, 0.3) is 0 Å². The van der Waals surface area contributed by atoms with Crippen LogP contribution in [0.5, 0.6) is 5.75 Å². The fourth-order valence-electron chi connectivity index (χ4n) is 4.65. The van der Waals surface area contributed by atoms with Crippen LogP contribution < -0.4 is 16.4 Å². The van der Waals surface area contributed by atoms with Gasteiger partial charge in [0, 0.05) is 18.2 Å². The molecule has 2 atom stereocenters. The van der Waals surface area contributed by atoms with Crippen molar-refractivity contribution >= 4 is 23.8 Å². The van der Waals surface area contributed by atoms with E-state index < -0.39 is 47.9 Å². The molecule has 10 nitrogen and oxygen atoms in total. The number of carbonyl (C=O) groups excluding carboxylic acids is 4. The first-order chi connectivity index (χ1) is 17.9.